The summed E-state index contributed by atoms with van der Waals surface area (Å²) < 4.78 is 0. The van der Waals surface area contributed by atoms with Crippen molar-refractivity contribution >= 4 is 0 Å². The molecule has 0 spiro atoms. The van der Waals surface area contributed by atoms with Crippen LogP contribution in [0.25, 0.3) is 0 Å². The maximum atomic E-state index is 8.96. The maximum absolute atomic E-state index is 8.96. The van der Waals surface area contributed by atoms with Crippen LogP contribution in [0.1, 0.15) is 19.8 Å². The van der Waals surface area contributed by atoms with Gasteiger partial charge in [0.05, 0.1) is 6.10 Å². The fourth-order valence-electron chi connectivity index (χ4n) is 1.26. The van der Waals surface area contributed by atoms with Crippen molar-refractivity contribution in [2.24, 2.45) is 0 Å². The van der Waals surface area contributed by atoms with Gasteiger partial charge in [0.15, 0.2) is 0 Å². The second kappa shape index (κ2) is 4.80. The van der Waals surface area contributed by atoms with Crippen LogP contribution in [-0.2, 0) is 0 Å². The first-order valence-electron chi connectivity index (χ1n) is 4.79. The summed E-state index contributed by atoms with van der Waals surface area (Å²) in [7, 11) is 2.17. The first kappa shape index (κ1) is 9.96. The first-order valence-corrected chi connectivity index (χ1v) is 4.79. The summed E-state index contributed by atoms with van der Waals surface area (Å²) in [5.41, 5.74) is 0. The fourth-order valence-corrected chi connectivity index (χ4v) is 1.26. The third-order valence-corrected chi connectivity index (χ3v) is 2.25. The van der Waals surface area contributed by atoms with E-state index in [1.54, 1.807) is 6.92 Å². The van der Waals surface area contributed by atoms with Crippen LogP contribution in [0, 0.1) is 0 Å². The highest BCUT2D eigenvalue weighted by Gasteiger charge is 2.25. The van der Waals surface area contributed by atoms with E-state index >= 15 is 0 Å². The van der Waals surface area contributed by atoms with Gasteiger partial charge in [-0.3, -0.25) is 0 Å². The molecule has 2 N–H and O–H groups in total. The topological polar surface area (TPSA) is 35.5 Å². The number of nitrogens with one attached hydrogen (secondary N) is 1. The predicted octanol–water partition coefficient (Wildman–Crippen LogP) is 0.0510. The number of rotatable bonds is 6. The lowest BCUT2D eigenvalue weighted by Crippen LogP contribution is -2.33. The van der Waals surface area contributed by atoms with Gasteiger partial charge in [-0.2, -0.15) is 0 Å². The van der Waals surface area contributed by atoms with Crippen molar-refractivity contribution in [1.29, 1.82) is 0 Å². The van der Waals surface area contributed by atoms with Gasteiger partial charge in [-0.15, -0.1) is 0 Å². The number of likely N-dealkylation sites (N-methyl/N-ethyl adjacent to an activating group) is 1. The zero-order valence-corrected chi connectivity index (χ0v) is 8.08. The molecule has 0 amide bonds. The summed E-state index contributed by atoms with van der Waals surface area (Å²) in [4.78, 5) is 2.38. The second-order valence-electron chi connectivity index (χ2n) is 3.76. The lowest BCUT2D eigenvalue weighted by molar-refractivity contribution is 0.189. The molecule has 1 fully saturated rings. The molecule has 0 radical (unpaired) electrons. The fraction of sp³-hybridized carbons (Fsp3) is 1.00. The minimum absolute atomic E-state index is 0.226. The molecule has 0 aromatic rings. The summed E-state index contributed by atoms with van der Waals surface area (Å²) in [5.74, 6) is 0. The zero-order valence-electron chi connectivity index (χ0n) is 8.08. The molecular formula is C9H20N2O. The van der Waals surface area contributed by atoms with E-state index in [2.05, 4.69) is 17.3 Å². The number of hydrogen-bond acceptors (Lipinski definition) is 3. The van der Waals surface area contributed by atoms with Crippen molar-refractivity contribution < 1.29 is 5.11 Å². The minimum Gasteiger partial charge on any atom is -0.392 e. The van der Waals surface area contributed by atoms with Gasteiger partial charge < -0.3 is 15.3 Å². The quantitative estimate of drug-likeness (QED) is 0.556. The maximum Gasteiger partial charge on any atom is 0.0636 e. The number of nitrogens with zero attached hydrogens (tertiary/aromatic N) is 1. The molecule has 1 atom stereocenters. The van der Waals surface area contributed by atoms with Crippen LogP contribution in [0.3, 0.4) is 0 Å². The molecule has 1 aliphatic carbocycles. The van der Waals surface area contributed by atoms with Crippen molar-refractivity contribution in [1.82, 2.24) is 10.2 Å². The van der Waals surface area contributed by atoms with E-state index in [0.717, 1.165) is 19.1 Å². The van der Waals surface area contributed by atoms with Gasteiger partial charge in [0.1, 0.15) is 0 Å². The van der Waals surface area contributed by atoms with Crippen molar-refractivity contribution in [3.63, 3.8) is 0 Å². The van der Waals surface area contributed by atoms with Crippen molar-refractivity contribution in [2.75, 3.05) is 26.7 Å². The molecule has 3 nitrogen and oxygen atoms in total. The third kappa shape index (κ3) is 4.04. The van der Waals surface area contributed by atoms with Crippen molar-refractivity contribution in [3.8, 4) is 0 Å². The predicted molar refractivity (Wildman–Crippen MR) is 50.2 cm³/mol. The van der Waals surface area contributed by atoms with E-state index in [4.69, 9.17) is 5.11 Å². The van der Waals surface area contributed by atoms with Crippen LogP contribution >= 0.6 is 0 Å². The van der Waals surface area contributed by atoms with Crippen LogP contribution in [0.15, 0.2) is 0 Å². The second-order valence-corrected chi connectivity index (χ2v) is 3.76. The van der Waals surface area contributed by atoms with E-state index < -0.39 is 0 Å². The van der Waals surface area contributed by atoms with Gasteiger partial charge in [0.2, 0.25) is 0 Å². The Labute approximate surface area is 74.8 Å². The Kier molecular flexibility index (Phi) is 3.98. The highest BCUT2D eigenvalue weighted by molar-refractivity contribution is 4.82. The van der Waals surface area contributed by atoms with Crippen LogP contribution in [0.2, 0.25) is 0 Å². The molecular weight excluding hydrogens is 152 g/mol. The average molecular weight is 172 g/mol. The number of aliphatic hydroxyl groups is 1. The lowest BCUT2D eigenvalue weighted by Gasteiger charge is -2.16. The summed E-state index contributed by atoms with van der Waals surface area (Å²) in [6.45, 7) is 4.59. The molecule has 72 valence electrons. The monoisotopic (exact) mass is 172 g/mol. The number of hydrogen-bond donors (Lipinski definition) is 2. The van der Waals surface area contributed by atoms with Crippen LogP contribution in [0.4, 0.5) is 0 Å². The Bertz CT molecular complexity index is 124. The molecule has 0 aromatic carbocycles. The number of aliphatic hydroxyl groups excluding tert-OH is 1. The smallest absolute Gasteiger partial charge is 0.0636 e. The van der Waals surface area contributed by atoms with Gasteiger partial charge >= 0.3 is 0 Å². The van der Waals surface area contributed by atoms with E-state index in [1.165, 1.54) is 12.8 Å². The van der Waals surface area contributed by atoms with Gasteiger partial charge in [0, 0.05) is 25.7 Å². The van der Waals surface area contributed by atoms with Gasteiger partial charge in [-0.1, -0.05) is 0 Å². The van der Waals surface area contributed by atoms with E-state index in [-0.39, 0.29) is 6.10 Å². The lowest BCUT2D eigenvalue weighted by atomic mass is 10.4. The molecule has 3 heteroatoms. The van der Waals surface area contributed by atoms with Crippen LogP contribution in [-0.4, -0.2) is 48.8 Å². The van der Waals surface area contributed by atoms with Gasteiger partial charge in [-0.05, 0) is 26.8 Å². The first-order chi connectivity index (χ1) is 5.70. The molecule has 0 saturated heterocycles. The molecule has 0 bridgehead atoms. The Morgan fingerprint density at radius 1 is 1.58 bits per heavy atom. The van der Waals surface area contributed by atoms with E-state index in [0.29, 0.717) is 6.54 Å². The Balaban J connectivity index is 1.87. The molecule has 0 aliphatic heterocycles. The molecule has 1 saturated carbocycles. The van der Waals surface area contributed by atoms with Crippen molar-refractivity contribution in [3.05, 3.63) is 0 Å². The largest absolute Gasteiger partial charge is 0.392 e. The third-order valence-electron chi connectivity index (χ3n) is 2.25. The molecule has 0 aromatic heterocycles. The average Bonchev–Trinajstić information content (AvgIpc) is 2.79. The molecule has 1 rings (SSSR count). The van der Waals surface area contributed by atoms with Crippen molar-refractivity contribution in [2.45, 2.75) is 31.9 Å². The zero-order chi connectivity index (χ0) is 8.97. The summed E-state index contributed by atoms with van der Waals surface area (Å²) in [5, 5.41) is 12.2. The highest BCUT2D eigenvalue weighted by atomic mass is 16.3. The minimum atomic E-state index is -0.226. The van der Waals surface area contributed by atoms with Crippen LogP contribution in [0.5, 0.6) is 0 Å². The highest BCUT2D eigenvalue weighted by Crippen LogP contribution is 2.24. The Morgan fingerprint density at radius 2 is 2.25 bits per heavy atom. The normalized spacial score (nSPS) is 20.0. The summed E-state index contributed by atoms with van der Waals surface area (Å²) in [6, 6.07) is 0.846. The molecule has 12 heavy (non-hydrogen) atoms. The molecule has 1 aliphatic rings. The summed E-state index contributed by atoms with van der Waals surface area (Å²) in [6.07, 6.45) is 2.51. The van der Waals surface area contributed by atoms with Gasteiger partial charge in [-0.25, -0.2) is 0 Å². The SMILES string of the molecule is C[C@H](O)CNCCN(C)C1CC1. The van der Waals surface area contributed by atoms with Gasteiger partial charge in [0.25, 0.3) is 0 Å². The van der Waals surface area contributed by atoms with E-state index in [1.807, 2.05) is 0 Å². The molecule has 0 heterocycles. The molecule has 0 unspecified atom stereocenters. The standard InChI is InChI=1S/C9H20N2O/c1-8(12)7-10-5-6-11(2)9-3-4-9/h8-10,12H,3-7H2,1-2H3/t8-/m0/s1. The summed E-state index contributed by atoms with van der Waals surface area (Å²) >= 11 is 0. The Morgan fingerprint density at radius 3 is 2.75 bits per heavy atom. The van der Waals surface area contributed by atoms with E-state index in [9.17, 15) is 0 Å². The Hall–Kier alpha value is -0.120. The van der Waals surface area contributed by atoms with Crippen LogP contribution < -0.4 is 5.32 Å².